The Morgan fingerprint density at radius 2 is 1.70 bits per heavy atom. The molecule has 0 saturated heterocycles. The van der Waals surface area contributed by atoms with Gasteiger partial charge in [-0.05, 0) is 23.6 Å². The van der Waals surface area contributed by atoms with Gasteiger partial charge in [0.05, 0.1) is 5.52 Å². The van der Waals surface area contributed by atoms with Gasteiger partial charge in [0.2, 0.25) is 0 Å². The molecule has 23 heavy (non-hydrogen) atoms. The van der Waals surface area contributed by atoms with Gasteiger partial charge < -0.3 is 9.67 Å². The molecule has 0 radical (unpaired) electrons. The second-order valence-electron chi connectivity index (χ2n) is 5.43. The molecular formula is C19H17NO3. The molecule has 0 atom stereocenters. The number of aromatic nitrogens is 1. The van der Waals surface area contributed by atoms with Crippen LogP contribution in [0.4, 0.5) is 0 Å². The van der Waals surface area contributed by atoms with Crippen molar-refractivity contribution in [3.63, 3.8) is 0 Å². The van der Waals surface area contributed by atoms with E-state index < -0.39 is 5.97 Å². The smallest absolute Gasteiger partial charge is 0.303 e. The second-order valence-corrected chi connectivity index (χ2v) is 5.43. The van der Waals surface area contributed by atoms with Crippen molar-refractivity contribution >= 4 is 16.9 Å². The predicted octanol–water partition coefficient (Wildman–Crippen LogP) is 3.53. The summed E-state index contributed by atoms with van der Waals surface area (Å²) in [5, 5.41) is 9.77. The third kappa shape index (κ3) is 3.16. The lowest BCUT2D eigenvalue weighted by atomic mass is 10.0. The van der Waals surface area contributed by atoms with Crippen molar-refractivity contribution < 1.29 is 9.90 Å². The molecule has 0 fully saturated rings. The summed E-state index contributed by atoms with van der Waals surface area (Å²) >= 11 is 0. The maximum absolute atomic E-state index is 12.5. The Bertz CT molecular complexity index is 897. The van der Waals surface area contributed by atoms with Crippen molar-refractivity contribution in [1.82, 2.24) is 4.57 Å². The molecule has 0 bridgehead atoms. The normalized spacial score (nSPS) is 10.8. The van der Waals surface area contributed by atoms with Crippen molar-refractivity contribution in [1.29, 1.82) is 0 Å². The summed E-state index contributed by atoms with van der Waals surface area (Å²) in [5.41, 5.74) is 2.64. The van der Waals surface area contributed by atoms with Crippen LogP contribution in [0.3, 0.4) is 0 Å². The summed E-state index contributed by atoms with van der Waals surface area (Å²) in [4.78, 5) is 23.2. The Morgan fingerprint density at radius 1 is 1.00 bits per heavy atom. The summed E-state index contributed by atoms with van der Waals surface area (Å²) in [5.74, 6) is -0.844. The molecule has 4 heteroatoms. The van der Waals surface area contributed by atoms with Gasteiger partial charge in [0.15, 0.2) is 0 Å². The molecule has 0 amide bonds. The molecular weight excluding hydrogens is 290 g/mol. The van der Waals surface area contributed by atoms with Crippen LogP contribution in [0.2, 0.25) is 0 Å². The summed E-state index contributed by atoms with van der Waals surface area (Å²) < 4.78 is 1.66. The number of nitrogens with zero attached hydrogens (tertiary/aromatic N) is 1. The van der Waals surface area contributed by atoms with Gasteiger partial charge in [-0.1, -0.05) is 48.5 Å². The minimum absolute atomic E-state index is 0.0567. The third-order valence-electron chi connectivity index (χ3n) is 3.88. The molecule has 0 aliphatic heterocycles. The van der Waals surface area contributed by atoms with Crippen LogP contribution >= 0.6 is 0 Å². The molecule has 1 N–H and O–H groups in total. The largest absolute Gasteiger partial charge is 0.481 e. The first-order chi connectivity index (χ1) is 11.2. The number of pyridine rings is 1. The number of fused-ring (bicyclic) bond motifs is 1. The number of carbonyl (C=O) groups is 1. The fourth-order valence-corrected chi connectivity index (χ4v) is 2.81. The number of hydrogen-bond donors (Lipinski definition) is 1. The van der Waals surface area contributed by atoms with Crippen LogP contribution in [0.1, 0.15) is 12.8 Å². The molecule has 116 valence electrons. The number of aryl methyl sites for hydroxylation is 1. The maximum atomic E-state index is 12.5. The van der Waals surface area contributed by atoms with E-state index in [1.165, 1.54) is 0 Å². The SMILES string of the molecule is O=C(O)CCCn1c(=O)cc(-c2ccccc2)c2ccccc21. The maximum Gasteiger partial charge on any atom is 0.303 e. The van der Waals surface area contributed by atoms with Crippen molar-refractivity contribution in [2.75, 3.05) is 0 Å². The Labute approximate surface area is 133 Å². The standard InChI is InChI=1S/C19H17NO3/c21-18-13-16(14-7-2-1-3-8-14)15-9-4-5-10-17(15)20(18)12-6-11-19(22)23/h1-5,7-10,13H,6,11-12H2,(H,22,23). The third-order valence-corrected chi connectivity index (χ3v) is 3.88. The molecule has 0 aliphatic carbocycles. The van der Waals surface area contributed by atoms with Crippen molar-refractivity contribution in [3.8, 4) is 11.1 Å². The Morgan fingerprint density at radius 3 is 2.43 bits per heavy atom. The van der Waals surface area contributed by atoms with E-state index in [-0.39, 0.29) is 12.0 Å². The second kappa shape index (κ2) is 6.48. The minimum Gasteiger partial charge on any atom is -0.481 e. The van der Waals surface area contributed by atoms with Crippen LogP contribution in [-0.2, 0) is 11.3 Å². The molecule has 4 nitrogen and oxygen atoms in total. The number of carboxylic acid groups (broad SMARTS) is 1. The summed E-state index contributed by atoms with van der Waals surface area (Å²) in [6.07, 6.45) is 0.491. The lowest BCUT2D eigenvalue weighted by Crippen LogP contribution is -2.20. The Kier molecular flexibility index (Phi) is 4.24. The zero-order chi connectivity index (χ0) is 16.2. The first-order valence-electron chi connectivity index (χ1n) is 7.56. The topological polar surface area (TPSA) is 59.3 Å². The van der Waals surface area contributed by atoms with Crippen LogP contribution < -0.4 is 5.56 Å². The van der Waals surface area contributed by atoms with Gasteiger partial charge in [-0.15, -0.1) is 0 Å². The zero-order valence-corrected chi connectivity index (χ0v) is 12.6. The highest BCUT2D eigenvalue weighted by Crippen LogP contribution is 2.27. The molecule has 0 saturated carbocycles. The number of carboxylic acids is 1. The van der Waals surface area contributed by atoms with Crippen LogP contribution in [-0.4, -0.2) is 15.6 Å². The van der Waals surface area contributed by atoms with Gasteiger partial charge in [-0.2, -0.15) is 0 Å². The Hall–Kier alpha value is -2.88. The van der Waals surface area contributed by atoms with E-state index in [1.54, 1.807) is 10.6 Å². The molecule has 0 unspecified atom stereocenters. The highest BCUT2D eigenvalue weighted by molar-refractivity contribution is 5.94. The highest BCUT2D eigenvalue weighted by Gasteiger charge is 2.10. The van der Waals surface area contributed by atoms with E-state index in [0.717, 1.165) is 22.0 Å². The summed E-state index contributed by atoms with van der Waals surface area (Å²) in [6.45, 7) is 0.403. The average molecular weight is 307 g/mol. The minimum atomic E-state index is -0.844. The number of hydrogen-bond acceptors (Lipinski definition) is 2. The van der Waals surface area contributed by atoms with Gasteiger partial charge in [-0.25, -0.2) is 0 Å². The molecule has 3 rings (SSSR count). The number of rotatable bonds is 5. The first-order valence-corrected chi connectivity index (χ1v) is 7.56. The van der Waals surface area contributed by atoms with Gasteiger partial charge in [0, 0.05) is 24.4 Å². The van der Waals surface area contributed by atoms with Crippen molar-refractivity contribution in [2.45, 2.75) is 19.4 Å². The van der Waals surface area contributed by atoms with Gasteiger partial charge >= 0.3 is 5.97 Å². The molecule has 2 aromatic carbocycles. The van der Waals surface area contributed by atoms with E-state index in [1.807, 2.05) is 54.6 Å². The molecule has 0 spiro atoms. The molecule has 0 aliphatic rings. The number of para-hydroxylation sites is 1. The lowest BCUT2D eigenvalue weighted by Gasteiger charge is -2.13. The fourth-order valence-electron chi connectivity index (χ4n) is 2.81. The van der Waals surface area contributed by atoms with E-state index in [4.69, 9.17) is 5.11 Å². The zero-order valence-electron chi connectivity index (χ0n) is 12.6. The van der Waals surface area contributed by atoms with Crippen molar-refractivity contribution in [3.05, 3.63) is 71.0 Å². The quantitative estimate of drug-likeness (QED) is 0.784. The monoisotopic (exact) mass is 307 g/mol. The molecule has 1 aromatic heterocycles. The Balaban J connectivity index is 2.12. The number of benzene rings is 2. The van der Waals surface area contributed by atoms with Gasteiger partial charge in [0.1, 0.15) is 0 Å². The van der Waals surface area contributed by atoms with Crippen LogP contribution in [0.25, 0.3) is 22.0 Å². The molecule has 1 heterocycles. The highest BCUT2D eigenvalue weighted by atomic mass is 16.4. The first kappa shape index (κ1) is 15.0. The van der Waals surface area contributed by atoms with E-state index >= 15 is 0 Å². The fraction of sp³-hybridized carbons (Fsp3) is 0.158. The van der Waals surface area contributed by atoms with Crippen LogP contribution in [0.15, 0.2) is 65.5 Å². The predicted molar refractivity (Wildman–Crippen MR) is 90.5 cm³/mol. The summed E-state index contributed by atoms with van der Waals surface area (Å²) in [6, 6.07) is 19.2. The van der Waals surface area contributed by atoms with Crippen LogP contribution in [0, 0.1) is 0 Å². The summed E-state index contributed by atoms with van der Waals surface area (Å²) in [7, 11) is 0. The molecule has 3 aromatic rings. The van der Waals surface area contributed by atoms with E-state index in [0.29, 0.717) is 13.0 Å². The van der Waals surface area contributed by atoms with Gasteiger partial charge in [0.25, 0.3) is 5.56 Å². The average Bonchev–Trinajstić information content (AvgIpc) is 2.57. The van der Waals surface area contributed by atoms with E-state index in [2.05, 4.69) is 0 Å². The van der Waals surface area contributed by atoms with Crippen molar-refractivity contribution in [2.24, 2.45) is 0 Å². The number of aliphatic carboxylic acids is 1. The van der Waals surface area contributed by atoms with E-state index in [9.17, 15) is 9.59 Å². The lowest BCUT2D eigenvalue weighted by molar-refractivity contribution is -0.137. The van der Waals surface area contributed by atoms with Gasteiger partial charge in [-0.3, -0.25) is 9.59 Å². The van der Waals surface area contributed by atoms with Crippen LogP contribution in [0.5, 0.6) is 0 Å².